The van der Waals surface area contributed by atoms with Crippen LogP contribution in [0.1, 0.15) is 20.3 Å². The molecule has 1 aliphatic rings. The average Bonchev–Trinajstić information content (AvgIpc) is 2.51. The molecule has 0 aromatic heterocycles. The van der Waals surface area contributed by atoms with Crippen LogP contribution in [-0.2, 0) is 0 Å². The highest BCUT2D eigenvalue weighted by Crippen LogP contribution is 2.25. The minimum absolute atomic E-state index is 0.799. The highest BCUT2D eigenvalue weighted by Gasteiger charge is 2.24. The Hall–Kier alpha value is -0.720. The number of allylic oxidation sites excluding steroid dienone is 1. The van der Waals surface area contributed by atoms with Gasteiger partial charge in [-0.25, -0.2) is 0 Å². The van der Waals surface area contributed by atoms with E-state index in [1.165, 1.54) is 13.0 Å². The minimum atomic E-state index is 0.799. The third-order valence-corrected chi connectivity index (χ3v) is 2.81. The lowest BCUT2D eigenvalue weighted by molar-refractivity contribution is 0.364. The van der Waals surface area contributed by atoms with Crippen LogP contribution in [0.3, 0.4) is 0 Å². The van der Waals surface area contributed by atoms with Gasteiger partial charge in [-0.05, 0) is 24.3 Å². The Kier molecular flexibility index (Phi) is 2.96. The summed E-state index contributed by atoms with van der Waals surface area (Å²) in [6.07, 6.45) is 3.16. The van der Waals surface area contributed by atoms with Gasteiger partial charge >= 0.3 is 0 Å². The number of hydrogen-bond acceptors (Lipinski definition) is 1. The fourth-order valence-corrected chi connectivity index (χ4v) is 1.72. The second-order valence-corrected chi connectivity index (χ2v) is 3.93. The van der Waals surface area contributed by atoms with Crippen molar-refractivity contribution in [3.05, 3.63) is 24.9 Å². The van der Waals surface area contributed by atoms with Crippen LogP contribution in [-0.4, -0.2) is 18.0 Å². The first-order valence-corrected chi connectivity index (χ1v) is 4.71. The summed E-state index contributed by atoms with van der Waals surface area (Å²) >= 11 is 0. The van der Waals surface area contributed by atoms with Gasteiger partial charge in [-0.2, -0.15) is 0 Å². The SMILES string of the molecule is C=CC(=C)N1CCC(C(C)C)C1. The van der Waals surface area contributed by atoms with Crippen LogP contribution >= 0.6 is 0 Å². The first-order chi connectivity index (χ1) is 5.65. The van der Waals surface area contributed by atoms with Gasteiger partial charge in [0, 0.05) is 18.8 Å². The Labute approximate surface area is 75.8 Å². The lowest BCUT2D eigenvalue weighted by Crippen LogP contribution is -2.19. The lowest BCUT2D eigenvalue weighted by atomic mass is 9.95. The fourth-order valence-electron chi connectivity index (χ4n) is 1.72. The summed E-state index contributed by atoms with van der Waals surface area (Å²) in [5, 5.41) is 0. The van der Waals surface area contributed by atoms with E-state index >= 15 is 0 Å². The van der Waals surface area contributed by atoms with Crippen LogP contribution in [0.15, 0.2) is 24.9 Å². The molecule has 12 heavy (non-hydrogen) atoms. The van der Waals surface area contributed by atoms with Crippen LogP contribution in [0.4, 0.5) is 0 Å². The third-order valence-electron chi connectivity index (χ3n) is 2.81. The molecular weight excluding hydrogens is 146 g/mol. The zero-order valence-corrected chi connectivity index (χ0v) is 8.21. The quantitative estimate of drug-likeness (QED) is 0.581. The number of rotatable bonds is 3. The predicted molar refractivity (Wildman–Crippen MR) is 53.9 cm³/mol. The fraction of sp³-hybridized carbons (Fsp3) is 0.636. The molecule has 1 heterocycles. The topological polar surface area (TPSA) is 3.24 Å². The summed E-state index contributed by atoms with van der Waals surface area (Å²) in [5.41, 5.74) is 1.08. The summed E-state index contributed by atoms with van der Waals surface area (Å²) in [7, 11) is 0. The van der Waals surface area contributed by atoms with Crippen molar-refractivity contribution >= 4 is 0 Å². The van der Waals surface area contributed by atoms with Crippen molar-refractivity contribution < 1.29 is 0 Å². The highest BCUT2D eigenvalue weighted by molar-refractivity contribution is 5.11. The molecule has 0 bridgehead atoms. The third kappa shape index (κ3) is 1.90. The first-order valence-electron chi connectivity index (χ1n) is 4.71. The molecule has 0 aliphatic carbocycles. The summed E-state index contributed by atoms with van der Waals surface area (Å²) < 4.78 is 0. The van der Waals surface area contributed by atoms with Gasteiger partial charge in [-0.15, -0.1) is 0 Å². The Morgan fingerprint density at radius 1 is 1.58 bits per heavy atom. The van der Waals surface area contributed by atoms with E-state index in [-0.39, 0.29) is 0 Å². The number of hydrogen-bond donors (Lipinski definition) is 0. The summed E-state index contributed by atoms with van der Waals surface area (Å²) in [6, 6.07) is 0. The molecule has 0 aromatic carbocycles. The van der Waals surface area contributed by atoms with Crippen molar-refractivity contribution in [1.29, 1.82) is 0 Å². The van der Waals surface area contributed by atoms with Gasteiger partial charge in [-0.3, -0.25) is 0 Å². The van der Waals surface area contributed by atoms with Gasteiger partial charge in [0.1, 0.15) is 0 Å². The number of nitrogens with zero attached hydrogens (tertiary/aromatic N) is 1. The van der Waals surface area contributed by atoms with E-state index in [1.54, 1.807) is 0 Å². The standard InChI is InChI=1S/C11H19N/c1-5-10(4)12-7-6-11(8-12)9(2)3/h5,9,11H,1,4,6-8H2,2-3H3. The molecule has 0 amide bonds. The smallest absolute Gasteiger partial charge is 0.0287 e. The largest absolute Gasteiger partial charge is 0.372 e. The van der Waals surface area contributed by atoms with Crippen LogP contribution in [0, 0.1) is 11.8 Å². The molecule has 1 saturated heterocycles. The summed E-state index contributed by atoms with van der Waals surface area (Å²) in [5.74, 6) is 1.65. The molecule has 1 unspecified atom stereocenters. The van der Waals surface area contributed by atoms with E-state index in [2.05, 4.69) is 31.9 Å². The molecule has 1 atom stereocenters. The van der Waals surface area contributed by atoms with Gasteiger partial charge < -0.3 is 4.90 Å². The molecule has 0 aromatic rings. The van der Waals surface area contributed by atoms with Gasteiger partial charge in [0.05, 0.1) is 0 Å². The molecular formula is C11H19N. The second kappa shape index (κ2) is 3.79. The van der Waals surface area contributed by atoms with E-state index in [9.17, 15) is 0 Å². The van der Waals surface area contributed by atoms with E-state index in [1.807, 2.05) is 6.08 Å². The zero-order chi connectivity index (χ0) is 9.14. The van der Waals surface area contributed by atoms with Crippen molar-refractivity contribution in [3.63, 3.8) is 0 Å². The van der Waals surface area contributed by atoms with Gasteiger partial charge in [0.25, 0.3) is 0 Å². The monoisotopic (exact) mass is 165 g/mol. The molecule has 1 nitrogen and oxygen atoms in total. The van der Waals surface area contributed by atoms with Gasteiger partial charge in [0.2, 0.25) is 0 Å². The maximum Gasteiger partial charge on any atom is 0.0287 e. The summed E-state index contributed by atoms with van der Waals surface area (Å²) in [4.78, 5) is 2.33. The molecule has 0 saturated carbocycles. The maximum absolute atomic E-state index is 3.96. The zero-order valence-electron chi connectivity index (χ0n) is 8.21. The molecule has 1 rings (SSSR count). The van der Waals surface area contributed by atoms with Crippen LogP contribution in [0.5, 0.6) is 0 Å². The van der Waals surface area contributed by atoms with Crippen molar-refractivity contribution in [3.8, 4) is 0 Å². The van der Waals surface area contributed by atoms with Crippen molar-refractivity contribution in [1.82, 2.24) is 4.90 Å². The van der Waals surface area contributed by atoms with Crippen LogP contribution in [0.25, 0.3) is 0 Å². The van der Waals surface area contributed by atoms with Crippen molar-refractivity contribution in [2.75, 3.05) is 13.1 Å². The normalized spacial score (nSPS) is 23.2. The van der Waals surface area contributed by atoms with Gasteiger partial charge in [0.15, 0.2) is 0 Å². The summed E-state index contributed by atoms with van der Waals surface area (Å²) in [6.45, 7) is 14.6. The molecule has 0 spiro atoms. The molecule has 0 radical (unpaired) electrons. The van der Waals surface area contributed by atoms with Gasteiger partial charge in [-0.1, -0.05) is 27.0 Å². The second-order valence-electron chi connectivity index (χ2n) is 3.93. The molecule has 0 N–H and O–H groups in total. The molecule has 1 heteroatoms. The van der Waals surface area contributed by atoms with Crippen molar-refractivity contribution in [2.45, 2.75) is 20.3 Å². The first kappa shape index (κ1) is 9.37. The Morgan fingerprint density at radius 3 is 2.67 bits per heavy atom. The molecule has 1 fully saturated rings. The van der Waals surface area contributed by atoms with Crippen LogP contribution in [0.2, 0.25) is 0 Å². The molecule has 68 valence electrons. The number of likely N-dealkylation sites (tertiary alicyclic amines) is 1. The highest BCUT2D eigenvalue weighted by atomic mass is 15.2. The van der Waals surface area contributed by atoms with E-state index < -0.39 is 0 Å². The predicted octanol–water partition coefficient (Wildman–Crippen LogP) is 2.66. The Morgan fingerprint density at radius 2 is 2.25 bits per heavy atom. The average molecular weight is 165 g/mol. The molecule has 1 aliphatic heterocycles. The van der Waals surface area contributed by atoms with E-state index in [4.69, 9.17) is 0 Å². The van der Waals surface area contributed by atoms with Crippen LogP contribution < -0.4 is 0 Å². The Bertz CT molecular complexity index is 181. The lowest BCUT2D eigenvalue weighted by Gasteiger charge is -2.19. The minimum Gasteiger partial charge on any atom is -0.372 e. The maximum atomic E-state index is 3.96. The van der Waals surface area contributed by atoms with E-state index in [0.29, 0.717) is 0 Å². The Balaban J connectivity index is 2.45. The van der Waals surface area contributed by atoms with E-state index in [0.717, 1.165) is 24.1 Å². The van der Waals surface area contributed by atoms with Crippen molar-refractivity contribution in [2.24, 2.45) is 11.8 Å².